The van der Waals surface area contributed by atoms with Crippen molar-refractivity contribution in [2.45, 2.75) is 0 Å². The predicted molar refractivity (Wildman–Crippen MR) is 150 cm³/mol. The lowest BCUT2D eigenvalue weighted by atomic mass is 10.1. The third-order valence-corrected chi connectivity index (χ3v) is 5.60. The third-order valence-electron chi connectivity index (χ3n) is 5.60. The normalized spacial score (nSPS) is 10.9. The average Bonchev–Trinajstić information content (AvgIpc) is 2.93. The van der Waals surface area contributed by atoms with Crippen molar-refractivity contribution in [3.63, 3.8) is 0 Å². The van der Waals surface area contributed by atoms with Gasteiger partial charge in [-0.15, -0.1) is 0 Å². The Labute approximate surface area is 222 Å². The summed E-state index contributed by atoms with van der Waals surface area (Å²) in [4.78, 5) is 12.7. The Bertz CT molecular complexity index is 1320. The molecule has 0 aromatic heterocycles. The van der Waals surface area contributed by atoms with E-state index >= 15 is 0 Å². The van der Waals surface area contributed by atoms with Crippen LogP contribution in [-0.4, -0.2) is 48.6 Å². The Morgan fingerprint density at radius 3 is 1.66 bits per heavy atom. The van der Waals surface area contributed by atoms with E-state index in [4.69, 9.17) is 34.2 Å². The quantitative estimate of drug-likeness (QED) is 0.203. The molecular formula is C29H32N2O7. The van der Waals surface area contributed by atoms with Crippen molar-refractivity contribution in [3.05, 3.63) is 65.2 Å². The molecule has 0 aliphatic heterocycles. The van der Waals surface area contributed by atoms with Gasteiger partial charge in [0.15, 0.2) is 23.0 Å². The monoisotopic (exact) mass is 520 g/mol. The van der Waals surface area contributed by atoms with E-state index in [9.17, 15) is 4.79 Å². The molecule has 0 fully saturated rings. The number of nitrogen functional groups attached to an aromatic ring is 1. The van der Waals surface area contributed by atoms with Crippen molar-refractivity contribution in [1.29, 1.82) is 0 Å². The molecule has 3 N–H and O–H groups in total. The van der Waals surface area contributed by atoms with Crippen LogP contribution < -0.4 is 39.5 Å². The van der Waals surface area contributed by atoms with Gasteiger partial charge >= 0.3 is 0 Å². The summed E-state index contributed by atoms with van der Waals surface area (Å²) in [5.74, 6) is 2.66. The highest BCUT2D eigenvalue weighted by molar-refractivity contribution is 6.03. The molecule has 0 bridgehead atoms. The standard InChI is InChI=1S/C29H32N2O7/c1-33-23-11-9-18(13-21(23)30)10-12-27(32)31-22-14-19(15-24(34-2)28(22)37-5)7-8-20-16-25(35-3)29(38-6)26(17-20)36-4/h7-17H,30H2,1-6H3,(H,31,32)/b8-7?,12-10+. The van der Waals surface area contributed by atoms with E-state index in [0.717, 1.165) is 16.7 Å². The highest BCUT2D eigenvalue weighted by Gasteiger charge is 2.15. The molecule has 3 rings (SSSR count). The van der Waals surface area contributed by atoms with Gasteiger partial charge in [-0.25, -0.2) is 0 Å². The minimum atomic E-state index is -0.356. The predicted octanol–water partition coefficient (Wildman–Crippen LogP) is 5.14. The Morgan fingerprint density at radius 1 is 0.632 bits per heavy atom. The number of methoxy groups -OCH3 is 6. The molecule has 38 heavy (non-hydrogen) atoms. The summed E-state index contributed by atoms with van der Waals surface area (Å²) in [6.07, 6.45) is 6.81. The van der Waals surface area contributed by atoms with E-state index < -0.39 is 0 Å². The SMILES string of the molecule is COc1ccc(/C=C/C(=O)Nc2cc(C=Cc3cc(OC)c(OC)c(OC)c3)cc(OC)c2OC)cc1N. The number of anilines is 2. The number of nitrogens with two attached hydrogens (primary N) is 1. The number of nitrogens with one attached hydrogen (secondary N) is 1. The first-order valence-corrected chi connectivity index (χ1v) is 11.5. The third kappa shape index (κ3) is 6.50. The Balaban J connectivity index is 1.89. The van der Waals surface area contributed by atoms with Crippen LogP contribution in [0.1, 0.15) is 16.7 Å². The zero-order valence-corrected chi connectivity index (χ0v) is 22.3. The lowest BCUT2D eigenvalue weighted by Gasteiger charge is -2.15. The van der Waals surface area contributed by atoms with Gasteiger partial charge < -0.3 is 39.5 Å². The maximum absolute atomic E-state index is 12.7. The minimum Gasteiger partial charge on any atom is -0.495 e. The van der Waals surface area contributed by atoms with Crippen LogP contribution in [-0.2, 0) is 4.79 Å². The van der Waals surface area contributed by atoms with Crippen LogP contribution in [0.15, 0.2) is 48.5 Å². The van der Waals surface area contributed by atoms with Crippen molar-refractivity contribution >= 4 is 35.5 Å². The Kier molecular flexibility index (Phi) is 9.48. The molecule has 0 atom stereocenters. The molecule has 9 nitrogen and oxygen atoms in total. The smallest absolute Gasteiger partial charge is 0.248 e. The van der Waals surface area contributed by atoms with Crippen molar-refractivity contribution in [2.24, 2.45) is 0 Å². The van der Waals surface area contributed by atoms with Crippen LogP contribution in [0.4, 0.5) is 11.4 Å². The number of carbonyl (C=O) groups excluding carboxylic acids is 1. The molecular weight excluding hydrogens is 488 g/mol. The van der Waals surface area contributed by atoms with E-state index in [0.29, 0.717) is 45.9 Å². The van der Waals surface area contributed by atoms with Gasteiger partial charge in [0, 0.05) is 6.08 Å². The molecule has 200 valence electrons. The van der Waals surface area contributed by atoms with Crippen molar-refractivity contribution in [3.8, 4) is 34.5 Å². The Hall–Kier alpha value is -4.79. The molecule has 0 saturated carbocycles. The molecule has 0 saturated heterocycles. The van der Waals surface area contributed by atoms with Gasteiger partial charge in [0.2, 0.25) is 11.7 Å². The lowest BCUT2D eigenvalue weighted by Crippen LogP contribution is -2.09. The maximum Gasteiger partial charge on any atom is 0.248 e. The highest BCUT2D eigenvalue weighted by Crippen LogP contribution is 2.40. The van der Waals surface area contributed by atoms with Crippen LogP contribution in [0.3, 0.4) is 0 Å². The fraction of sp³-hybridized carbons (Fsp3) is 0.207. The first-order valence-electron chi connectivity index (χ1n) is 11.5. The summed E-state index contributed by atoms with van der Waals surface area (Å²) < 4.78 is 32.4. The number of hydrogen-bond acceptors (Lipinski definition) is 8. The summed E-state index contributed by atoms with van der Waals surface area (Å²) >= 11 is 0. The first-order chi connectivity index (χ1) is 18.4. The van der Waals surface area contributed by atoms with Gasteiger partial charge in [-0.05, 0) is 59.2 Å². The zero-order chi connectivity index (χ0) is 27.7. The van der Waals surface area contributed by atoms with E-state index in [1.807, 2.05) is 24.3 Å². The van der Waals surface area contributed by atoms with Crippen molar-refractivity contribution < 1.29 is 33.2 Å². The van der Waals surface area contributed by atoms with Gasteiger partial charge in [0.25, 0.3) is 0 Å². The zero-order valence-electron chi connectivity index (χ0n) is 22.3. The molecule has 1 amide bonds. The van der Waals surface area contributed by atoms with Crippen LogP contribution >= 0.6 is 0 Å². The Morgan fingerprint density at radius 2 is 1.16 bits per heavy atom. The van der Waals surface area contributed by atoms with Gasteiger partial charge in [-0.3, -0.25) is 4.79 Å². The highest BCUT2D eigenvalue weighted by atomic mass is 16.5. The van der Waals surface area contributed by atoms with Gasteiger partial charge in [-0.2, -0.15) is 0 Å². The van der Waals surface area contributed by atoms with Gasteiger partial charge in [-0.1, -0.05) is 18.2 Å². The second-order valence-corrected chi connectivity index (χ2v) is 7.92. The number of hydrogen-bond donors (Lipinski definition) is 2. The van der Waals surface area contributed by atoms with Crippen LogP contribution in [0.2, 0.25) is 0 Å². The molecule has 0 spiro atoms. The lowest BCUT2D eigenvalue weighted by molar-refractivity contribution is -0.111. The average molecular weight is 521 g/mol. The van der Waals surface area contributed by atoms with Crippen LogP contribution in [0.25, 0.3) is 18.2 Å². The number of amides is 1. The maximum atomic E-state index is 12.7. The summed E-state index contributed by atoms with van der Waals surface area (Å²) in [7, 11) is 9.26. The summed E-state index contributed by atoms with van der Waals surface area (Å²) in [6, 6.07) is 12.5. The molecule has 9 heteroatoms. The molecule has 0 heterocycles. The molecule has 3 aromatic carbocycles. The van der Waals surface area contributed by atoms with E-state index in [-0.39, 0.29) is 5.91 Å². The topological polar surface area (TPSA) is 111 Å². The van der Waals surface area contributed by atoms with Crippen molar-refractivity contribution in [2.75, 3.05) is 53.7 Å². The van der Waals surface area contributed by atoms with Gasteiger partial charge in [0.05, 0.1) is 54.0 Å². The van der Waals surface area contributed by atoms with E-state index in [2.05, 4.69) is 5.32 Å². The molecule has 0 aliphatic rings. The van der Waals surface area contributed by atoms with E-state index in [1.165, 1.54) is 20.3 Å². The molecule has 0 radical (unpaired) electrons. The summed E-state index contributed by atoms with van der Waals surface area (Å²) in [5.41, 5.74) is 9.21. The first kappa shape index (κ1) is 27.8. The number of rotatable bonds is 11. The molecule has 0 unspecified atom stereocenters. The number of carbonyl (C=O) groups is 1. The van der Waals surface area contributed by atoms with Gasteiger partial charge in [0.1, 0.15) is 5.75 Å². The summed E-state index contributed by atoms with van der Waals surface area (Å²) in [6.45, 7) is 0. The van der Waals surface area contributed by atoms with Crippen molar-refractivity contribution in [1.82, 2.24) is 0 Å². The van der Waals surface area contributed by atoms with Crippen LogP contribution in [0.5, 0.6) is 34.5 Å². The van der Waals surface area contributed by atoms with Crippen LogP contribution in [0, 0.1) is 0 Å². The number of benzene rings is 3. The molecule has 0 aliphatic carbocycles. The summed E-state index contributed by atoms with van der Waals surface area (Å²) in [5, 5.41) is 2.86. The molecule has 3 aromatic rings. The second kappa shape index (κ2) is 13.0. The largest absolute Gasteiger partial charge is 0.495 e. The minimum absolute atomic E-state index is 0.356. The number of ether oxygens (including phenoxy) is 6. The second-order valence-electron chi connectivity index (χ2n) is 7.92. The fourth-order valence-electron chi connectivity index (χ4n) is 3.77. The fourth-order valence-corrected chi connectivity index (χ4v) is 3.77. The van der Waals surface area contributed by atoms with E-state index in [1.54, 1.807) is 64.8 Å².